The molecule has 30 heavy (non-hydrogen) atoms. The van der Waals surface area contributed by atoms with Crippen LogP contribution in [0, 0.1) is 17.5 Å². The molecule has 8 heteroatoms. The lowest BCUT2D eigenvalue weighted by atomic mass is 10.0. The zero-order valence-electron chi connectivity index (χ0n) is 15.8. The first-order valence-corrected chi connectivity index (χ1v) is 9.54. The van der Waals surface area contributed by atoms with Crippen LogP contribution in [0.2, 0.25) is 0 Å². The van der Waals surface area contributed by atoms with Crippen LogP contribution in [-0.2, 0) is 6.54 Å². The molecule has 0 radical (unpaired) electrons. The third-order valence-corrected chi connectivity index (χ3v) is 5.49. The summed E-state index contributed by atoms with van der Waals surface area (Å²) < 4.78 is 43.4. The smallest absolute Gasteiger partial charge is 0.275 e. The Morgan fingerprint density at radius 2 is 1.97 bits per heavy atom. The average molecular weight is 410 g/mol. The second-order valence-corrected chi connectivity index (χ2v) is 7.35. The summed E-state index contributed by atoms with van der Waals surface area (Å²) in [6.45, 7) is 1.66. The maximum Gasteiger partial charge on any atom is 0.275 e. The number of rotatable bonds is 3. The van der Waals surface area contributed by atoms with Gasteiger partial charge in [0.15, 0.2) is 11.6 Å². The van der Waals surface area contributed by atoms with E-state index in [1.54, 1.807) is 18.2 Å². The van der Waals surface area contributed by atoms with Crippen molar-refractivity contribution in [3.63, 3.8) is 0 Å². The Hall–Kier alpha value is -3.39. The molecule has 0 fully saturated rings. The third-order valence-electron chi connectivity index (χ3n) is 5.49. The van der Waals surface area contributed by atoms with Crippen molar-refractivity contribution in [1.29, 1.82) is 0 Å². The normalized spacial score (nSPS) is 15.1. The molecule has 4 heterocycles. The van der Waals surface area contributed by atoms with Gasteiger partial charge in [-0.15, -0.1) is 0 Å². The van der Waals surface area contributed by atoms with Gasteiger partial charge in [-0.2, -0.15) is 0 Å². The van der Waals surface area contributed by atoms with Crippen molar-refractivity contribution in [2.24, 2.45) is 0 Å². The molecule has 152 valence electrons. The number of benzene rings is 1. The zero-order chi connectivity index (χ0) is 20.8. The molecule has 5 rings (SSSR count). The molecule has 0 atom stereocenters. The van der Waals surface area contributed by atoms with Crippen LogP contribution in [0.25, 0.3) is 22.1 Å². The minimum absolute atomic E-state index is 0.0596. The minimum atomic E-state index is -0.668. The van der Waals surface area contributed by atoms with Gasteiger partial charge in [0.2, 0.25) is 0 Å². The average Bonchev–Trinajstić information content (AvgIpc) is 3.14. The van der Waals surface area contributed by atoms with E-state index < -0.39 is 17.2 Å². The maximum absolute atomic E-state index is 15.2. The Kier molecular flexibility index (Phi) is 4.43. The summed E-state index contributed by atoms with van der Waals surface area (Å²) in [5.74, 6) is -1.54. The number of nitrogens with one attached hydrogen (secondary N) is 1. The number of pyridine rings is 1. The van der Waals surface area contributed by atoms with E-state index in [0.29, 0.717) is 37.1 Å². The van der Waals surface area contributed by atoms with Crippen molar-refractivity contribution in [1.82, 2.24) is 19.3 Å². The second kappa shape index (κ2) is 7.14. The molecule has 0 unspecified atom stereocenters. The van der Waals surface area contributed by atoms with Gasteiger partial charge in [0, 0.05) is 31.4 Å². The molecule has 0 spiro atoms. The monoisotopic (exact) mass is 410 g/mol. The summed E-state index contributed by atoms with van der Waals surface area (Å²) in [7, 11) is 0. The molecule has 1 aromatic carbocycles. The molecule has 1 aliphatic heterocycles. The number of aromatic amines is 1. The molecule has 1 N–H and O–H groups in total. The topological polar surface area (TPSA) is 53.4 Å². The first-order chi connectivity index (χ1) is 14.5. The highest BCUT2D eigenvalue weighted by atomic mass is 19.1. The van der Waals surface area contributed by atoms with E-state index in [2.05, 4.69) is 14.9 Å². The van der Waals surface area contributed by atoms with Gasteiger partial charge >= 0.3 is 0 Å². The highest BCUT2D eigenvalue weighted by Crippen LogP contribution is 2.25. The summed E-state index contributed by atoms with van der Waals surface area (Å²) >= 11 is 0. The molecular weight excluding hydrogens is 393 g/mol. The summed E-state index contributed by atoms with van der Waals surface area (Å²) in [6, 6.07) is 7.57. The Morgan fingerprint density at radius 3 is 2.70 bits per heavy atom. The number of hydrogen-bond donors (Lipinski definition) is 1. The molecule has 3 aromatic heterocycles. The Balaban J connectivity index is 1.42. The fraction of sp³-hybridized carbons (Fsp3) is 0.182. The number of H-pyrrole nitrogens is 1. The molecule has 5 nitrogen and oxygen atoms in total. The predicted molar refractivity (Wildman–Crippen MR) is 108 cm³/mol. The molecule has 0 saturated carbocycles. The number of hydrogen-bond acceptors (Lipinski definition) is 3. The lowest BCUT2D eigenvalue weighted by molar-refractivity contribution is 0.289. The fourth-order valence-electron chi connectivity index (χ4n) is 3.94. The van der Waals surface area contributed by atoms with E-state index in [9.17, 15) is 13.6 Å². The van der Waals surface area contributed by atoms with E-state index in [1.807, 2.05) is 6.08 Å². The molecule has 1 aliphatic rings. The standard InChI is InChI=1S/C22H17F3N4O/c23-15-2-3-17(26-11-15)13-5-8-28(9-6-13)12-14-1-4-18-20(19(14)25)27-22(30)21-16(24)7-10-29(18)21/h1-5,7,10-11H,6,8-9,12H2,(H,27,30). The van der Waals surface area contributed by atoms with Crippen molar-refractivity contribution in [3.05, 3.63) is 87.9 Å². The Labute approximate surface area is 169 Å². The molecular formula is C22H17F3N4O. The van der Waals surface area contributed by atoms with E-state index in [4.69, 9.17) is 0 Å². The van der Waals surface area contributed by atoms with Crippen LogP contribution in [0.4, 0.5) is 13.2 Å². The van der Waals surface area contributed by atoms with Crippen LogP contribution in [-0.4, -0.2) is 32.4 Å². The maximum atomic E-state index is 15.2. The highest BCUT2D eigenvalue weighted by Gasteiger charge is 2.19. The minimum Gasteiger partial charge on any atom is -0.316 e. The largest absolute Gasteiger partial charge is 0.316 e. The van der Waals surface area contributed by atoms with E-state index in [1.165, 1.54) is 28.9 Å². The number of aromatic nitrogens is 3. The van der Waals surface area contributed by atoms with E-state index in [0.717, 1.165) is 11.3 Å². The van der Waals surface area contributed by atoms with Gasteiger partial charge in [0.25, 0.3) is 5.56 Å². The van der Waals surface area contributed by atoms with Gasteiger partial charge in [0.1, 0.15) is 16.9 Å². The van der Waals surface area contributed by atoms with Crippen LogP contribution in [0.3, 0.4) is 0 Å². The van der Waals surface area contributed by atoms with E-state index >= 15 is 4.39 Å². The summed E-state index contributed by atoms with van der Waals surface area (Å²) in [5, 5.41) is 0. The lowest BCUT2D eigenvalue weighted by Crippen LogP contribution is -2.28. The van der Waals surface area contributed by atoms with E-state index in [-0.39, 0.29) is 16.9 Å². The Bertz CT molecular complexity index is 1360. The van der Waals surface area contributed by atoms with Crippen molar-refractivity contribution >= 4 is 22.1 Å². The van der Waals surface area contributed by atoms with Crippen molar-refractivity contribution in [3.8, 4) is 0 Å². The lowest BCUT2D eigenvalue weighted by Gasteiger charge is -2.26. The molecule has 4 aromatic rings. The third kappa shape index (κ3) is 3.09. The first kappa shape index (κ1) is 18.6. The second-order valence-electron chi connectivity index (χ2n) is 7.35. The number of fused-ring (bicyclic) bond motifs is 3. The SMILES string of the molecule is O=c1[nH]c2c(F)c(CN3CC=C(c4ccc(F)cn4)CC3)ccc2n2ccc(F)c12. The summed E-state index contributed by atoms with van der Waals surface area (Å²) in [6.07, 6.45) is 5.34. The van der Waals surface area contributed by atoms with Gasteiger partial charge in [-0.3, -0.25) is 14.7 Å². The summed E-state index contributed by atoms with van der Waals surface area (Å²) in [5.41, 5.74) is 1.89. The zero-order valence-corrected chi connectivity index (χ0v) is 15.8. The van der Waals surface area contributed by atoms with Crippen LogP contribution < -0.4 is 5.56 Å². The van der Waals surface area contributed by atoms with Crippen molar-refractivity contribution in [2.45, 2.75) is 13.0 Å². The Morgan fingerprint density at radius 1 is 1.10 bits per heavy atom. The quantitative estimate of drug-likeness (QED) is 0.558. The van der Waals surface area contributed by atoms with Gasteiger partial charge in [0.05, 0.1) is 17.4 Å². The van der Waals surface area contributed by atoms with Gasteiger partial charge in [-0.05, 0) is 36.3 Å². The van der Waals surface area contributed by atoms with Crippen LogP contribution >= 0.6 is 0 Å². The predicted octanol–water partition coefficient (Wildman–Crippen LogP) is 3.88. The summed E-state index contributed by atoms with van der Waals surface area (Å²) in [4.78, 5) is 20.8. The van der Waals surface area contributed by atoms with Crippen molar-refractivity contribution < 1.29 is 13.2 Å². The fourth-order valence-corrected chi connectivity index (χ4v) is 3.94. The number of nitrogens with zero attached hydrogens (tertiary/aromatic N) is 3. The molecule has 0 aliphatic carbocycles. The van der Waals surface area contributed by atoms with Crippen LogP contribution in [0.1, 0.15) is 17.7 Å². The highest BCUT2D eigenvalue weighted by molar-refractivity contribution is 5.79. The number of halogens is 3. The molecule has 0 amide bonds. The van der Waals surface area contributed by atoms with Gasteiger partial charge in [-0.1, -0.05) is 12.1 Å². The van der Waals surface area contributed by atoms with Crippen LogP contribution in [0.5, 0.6) is 0 Å². The molecule has 0 saturated heterocycles. The van der Waals surface area contributed by atoms with Gasteiger partial charge < -0.3 is 9.38 Å². The van der Waals surface area contributed by atoms with Crippen molar-refractivity contribution in [2.75, 3.05) is 13.1 Å². The first-order valence-electron chi connectivity index (χ1n) is 9.54. The van der Waals surface area contributed by atoms with Gasteiger partial charge in [-0.25, -0.2) is 13.2 Å². The molecule has 0 bridgehead atoms. The van der Waals surface area contributed by atoms with Crippen LogP contribution in [0.15, 0.2) is 53.6 Å².